The fraction of sp³-hybridized carbons (Fsp3) is 0.375. The predicted molar refractivity (Wildman–Crippen MR) is 80.4 cm³/mol. The molecule has 1 aromatic heterocycles. The van der Waals surface area contributed by atoms with Crippen molar-refractivity contribution < 1.29 is 32.2 Å². The quantitative estimate of drug-likeness (QED) is 0.678. The number of hydrogen-bond donors (Lipinski definition) is 1. The number of aromatic amines is 1. The van der Waals surface area contributed by atoms with Gasteiger partial charge in [-0.25, -0.2) is 4.79 Å². The van der Waals surface area contributed by atoms with Crippen molar-refractivity contribution in [3.63, 3.8) is 0 Å². The van der Waals surface area contributed by atoms with Crippen molar-refractivity contribution in [2.24, 2.45) is 0 Å². The Morgan fingerprint density at radius 2 is 1.75 bits per heavy atom. The van der Waals surface area contributed by atoms with E-state index >= 15 is 0 Å². The molecule has 2 aromatic rings. The number of benzene rings is 1. The molecule has 0 saturated carbocycles. The van der Waals surface area contributed by atoms with Gasteiger partial charge in [0.1, 0.15) is 17.0 Å². The average molecular weight is 343 g/mol. The molecule has 0 aliphatic rings. The molecule has 0 unspecified atom stereocenters. The fourth-order valence-electron chi connectivity index (χ4n) is 2.24. The summed E-state index contributed by atoms with van der Waals surface area (Å²) in [4.78, 5) is 26.7. The summed E-state index contributed by atoms with van der Waals surface area (Å²) < 4.78 is 49.1. The molecule has 2 rings (SSSR count). The molecule has 0 fully saturated rings. The maximum atomic E-state index is 13.0. The molecule has 5 nitrogen and oxygen atoms in total. The van der Waals surface area contributed by atoms with E-state index in [2.05, 4.69) is 4.98 Å². The van der Waals surface area contributed by atoms with E-state index in [1.165, 1.54) is 25.3 Å². The van der Waals surface area contributed by atoms with Crippen LogP contribution in [0.1, 0.15) is 41.6 Å². The van der Waals surface area contributed by atoms with Crippen LogP contribution in [0.4, 0.5) is 13.2 Å². The van der Waals surface area contributed by atoms with E-state index in [0.29, 0.717) is 0 Å². The summed E-state index contributed by atoms with van der Waals surface area (Å²) in [6, 6.07) is 4.37. The minimum Gasteiger partial charge on any atom is -0.496 e. The van der Waals surface area contributed by atoms with Crippen molar-refractivity contribution in [1.29, 1.82) is 0 Å². The van der Waals surface area contributed by atoms with Crippen molar-refractivity contribution in [2.45, 2.75) is 32.5 Å². The highest BCUT2D eigenvalue weighted by Gasteiger charge is 2.44. The van der Waals surface area contributed by atoms with Crippen LogP contribution >= 0.6 is 0 Å². The van der Waals surface area contributed by atoms with E-state index in [1.807, 2.05) is 0 Å². The van der Waals surface area contributed by atoms with Gasteiger partial charge in [-0.05, 0) is 32.9 Å². The SMILES string of the molecule is COc1cccc2[nH]c(C(=O)OC(C)(C)C)c(C(=O)C(F)(F)F)c12. The van der Waals surface area contributed by atoms with Gasteiger partial charge in [-0.2, -0.15) is 13.2 Å². The Hall–Kier alpha value is -2.51. The first-order valence-electron chi connectivity index (χ1n) is 6.99. The molecule has 8 heteroatoms. The number of carbonyl (C=O) groups is 2. The van der Waals surface area contributed by atoms with Gasteiger partial charge >= 0.3 is 12.1 Å². The van der Waals surface area contributed by atoms with Crippen LogP contribution in [0.2, 0.25) is 0 Å². The van der Waals surface area contributed by atoms with Crippen LogP contribution in [-0.2, 0) is 4.74 Å². The van der Waals surface area contributed by atoms with Gasteiger partial charge in [0.2, 0.25) is 0 Å². The molecule has 1 heterocycles. The van der Waals surface area contributed by atoms with Crippen LogP contribution < -0.4 is 4.74 Å². The summed E-state index contributed by atoms with van der Waals surface area (Å²) in [5.74, 6) is -3.14. The van der Waals surface area contributed by atoms with E-state index in [4.69, 9.17) is 9.47 Å². The van der Waals surface area contributed by atoms with Gasteiger partial charge in [-0.3, -0.25) is 4.79 Å². The lowest BCUT2D eigenvalue weighted by Crippen LogP contribution is -2.28. The standard InChI is InChI=1S/C16H16F3NO4/c1-15(2,3)24-14(22)12-11(13(21)16(17,18)19)10-8(20-12)6-5-7-9(10)23-4/h5-7,20H,1-4H3. The Balaban J connectivity index is 2.76. The number of esters is 1. The molecule has 0 saturated heterocycles. The van der Waals surface area contributed by atoms with E-state index in [1.54, 1.807) is 20.8 Å². The number of hydrogen-bond acceptors (Lipinski definition) is 4. The van der Waals surface area contributed by atoms with Crippen LogP contribution in [0.25, 0.3) is 10.9 Å². The number of ether oxygens (including phenoxy) is 2. The second kappa shape index (κ2) is 5.85. The van der Waals surface area contributed by atoms with Crippen molar-refractivity contribution in [1.82, 2.24) is 4.98 Å². The number of halogens is 3. The number of H-pyrrole nitrogens is 1. The van der Waals surface area contributed by atoms with Crippen LogP contribution in [0.15, 0.2) is 18.2 Å². The van der Waals surface area contributed by atoms with Gasteiger partial charge in [0.25, 0.3) is 5.78 Å². The first-order valence-corrected chi connectivity index (χ1v) is 6.99. The molecule has 0 radical (unpaired) electrons. The van der Waals surface area contributed by atoms with Crippen molar-refractivity contribution >= 4 is 22.7 Å². The summed E-state index contributed by atoms with van der Waals surface area (Å²) >= 11 is 0. The number of methoxy groups -OCH3 is 1. The molecular weight excluding hydrogens is 327 g/mol. The minimum absolute atomic E-state index is 0.0474. The van der Waals surface area contributed by atoms with E-state index < -0.39 is 34.8 Å². The zero-order chi connectivity index (χ0) is 18.3. The minimum atomic E-state index is -5.15. The second-order valence-corrected chi connectivity index (χ2v) is 6.09. The van der Waals surface area contributed by atoms with Gasteiger partial charge in [-0.1, -0.05) is 6.07 Å². The van der Waals surface area contributed by atoms with E-state index in [9.17, 15) is 22.8 Å². The van der Waals surface area contributed by atoms with Gasteiger partial charge in [0, 0.05) is 0 Å². The molecule has 0 spiro atoms. The lowest BCUT2D eigenvalue weighted by Gasteiger charge is -2.19. The number of ketones is 1. The topological polar surface area (TPSA) is 68.4 Å². The number of nitrogens with one attached hydrogen (secondary N) is 1. The first kappa shape index (κ1) is 17.8. The number of alkyl halides is 3. The Labute approximate surface area is 135 Å². The molecular formula is C16H16F3NO4. The molecule has 0 bridgehead atoms. The third-order valence-electron chi connectivity index (χ3n) is 3.09. The highest BCUT2D eigenvalue weighted by molar-refractivity contribution is 6.18. The zero-order valence-electron chi connectivity index (χ0n) is 13.5. The lowest BCUT2D eigenvalue weighted by atomic mass is 10.0. The molecule has 0 atom stereocenters. The average Bonchev–Trinajstić information content (AvgIpc) is 2.82. The molecule has 0 aliphatic carbocycles. The number of Topliss-reactive ketones (excluding diaryl/α,β-unsaturated/α-hetero) is 1. The van der Waals surface area contributed by atoms with Crippen LogP contribution in [0.5, 0.6) is 5.75 Å². The number of rotatable bonds is 3. The number of carbonyl (C=O) groups excluding carboxylic acids is 2. The highest BCUT2D eigenvalue weighted by Crippen LogP contribution is 2.35. The molecule has 0 amide bonds. The molecule has 1 N–H and O–H groups in total. The van der Waals surface area contributed by atoms with Gasteiger partial charge in [0.15, 0.2) is 0 Å². The predicted octanol–water partition coefficient (Wildman–Crippen LogP) is 3.88. The summed E-state index contributed by atoms with van der Waals surface area (Å²) in [5, 5.41) is -0.108. The monoisotopic (exact) mass is 343 g/mol. The second-order valence-electron chi connectivity index (χ2n) is 6.09. The summed E-state index contributed by atoms with van der Waals surface area (Å²) in [5.41, 5.74) is -2.12. The van der Waals surface area contributed by atoms with Crippen molar-refractivity contribution in [3.8, 4) is 5.75 Å². The molecule has 130 valence electrons. The Bertz CT molecular complexity index is 800. The summed E-state index contributed by atoms with van der Waals surface area (Å²) in [7, 11) is 1.26. The van der Waals surface area contributed by atoms with Crippen LogP contribution in [-0.4, -0.2) is 35.6 Å². The maximum absolute atomic E-state index is 13.0. The van der Waals surface area contributed by atoms with Crippen molar-refractivity contribution in [2.75, 3.05) is 7.11 Å². The normalized spacial score (nSPS) is 12.3. The molecule has 24 heavy (non-hydrogen) atoms. The van der Waals surface area contributed by atoms with Crippen LogP contribution in [0.3, 0.4) is 0 Å². The number of fused-ring (bicyclic) bond motifs is 1. The molecule has 0 aliphatic heterocycles. The largest absolute Gasteiger partial charge is 0.496 e. The van der Waals surface area contributed by atoms with E-state index in [-0.39, 0.29) is 16.7 Å². The Morgan fingerprint density at radius 3 is 2.25 bits per heavy atom. The van der Waals surface area contributed by atoms with Crippen LogP contribution in [0, 0.1) is 0 Å². The summed E-state index contributed by atoms with van der Waals surface area (Å²) in [6.07, 6.45) is -5.15. The first-order chi connectivity index (χ1) is 11.0. The van der Waals surface area contributed by atoms with Gasteiger partial charge in [-0.15, -0.1) is 0 Å². The summed E-state index contributed by atoms with van der Waals surface area (Å²) in [6.45, 7) is 4.71. The Kier molecular flexibility index (Phi) is 4.34. The molecule has 1 aromatic carbocycles. The lowest BCUT2D eigenvalue weighted by molar-refractivity contribution is -0.0884. The highest BCUT2D eigenvalue weighted by atomic mass is 19.4. The fourth-order valence-corrected chi connectivity index (χ4v) is 2.24. The third-order valence-corrected chi connectivity index (χ3v) is 3.09. The zero-order valence-corrected chi connectivity index (χ0v) is 13.5. The smallest absolute Gasteiger partial charge is 0.454 e. The van der Waals surface area contributed by atoms with Gasteiger partial charge < -0.3 is 14.5 Å². The number of aromatic nitrogens is 1. The third kappa shape index (κ3) is 3.37. The van der Waals surface area contributed by atoms with Gasteiger partial charge in [0.05, 0.1) is 23.6 Å². The van der Waals surface area contributed by atoms with E-state index in [0.717, 1.165) is 0 Å². The Morgan fingerprint density at radius 1 is 1.12 bits per heavy atom. The maximum Gasteiger partial charge on any atom is 0.454 e. The van der Waals surface area contributed by atoms with Crippen molar-refractivity contribution in [3.05, 3.63) is 29.5 Å².